The number of nitrogens with zero attached hydrogens (tertiary/aromatic N) is 4. The molecule has 1 N–H and O–H groups in total. The predicted octanol–water partition coefficient (Wildman–Crippen LogP) is 3.90. The summed E-state index contributed by atoms with van der Waals surface area (Å²) < 4.78 is 5.07. The number of benzene rings is 1. The number of carboxylic acid groups (broad SMARTS) is 1. The van der Waals surface area contributed by atoms with Crippen LogP contribution in [0.1, 0.15) is 76.6 Å². The number of aliphatic carboxylic acids is 1. The second-order valence-corrected chi connectivity index (χ2v) is 10.4. The van der Waals surface area contributed by atoms with Gasteiger partial charge in [-0.05, 0) is 56.9 Å². The van der Waals surface area contributed by atoms with E-state index in [1.807, 2.05) is 48.7 Å². The maximum atomic E-state index is 13.8. The summed E-state index contributed by atoms with van der Waals surface area (Å²) in [5.74, 6) is 0.147. The van der Waals surface area contributed by atoms with Crippen LogP contribution in [0.3, 0.4) is 0 Å². The molecule has 0 saturated heterocycles. The quantitative estimate of drug-likeness (QED) is 0.529. The summed E-state index contributed by atoms with van der Waals surface area (Å²) in [4.78, 5) is 44.2. The Bertz CT molecular complexity index is 1360. The molecule has 0 aliphatic heterocycles. The van der Waals surface area contributed by atoms with Crippen LogP contribution in [0.4, 0.5) is 0 Å². The average Bonchev–Trinajstić information content (AvgIpc) is 3.26. The minimum Gasteiger partial charge on any atom is -0.481 e. The van der Waals surface area contributed by atoms with E-state index in [1.54, 1.807) is 4.57 Å². The van der Waals surface area contributed by atoms with Gasteiger partial charge in [0.15, 0.2) is 11.2 Å². The van der Waals surface area contributed by atoms with Crippen LogP contribution in [0.5, 0.6) is 0 Å². The number of hydrogen-bond donors (Lipinski definition) is 1. The van der Waals surface area contributed by atoms with E-state index in [4.69, 9.17) is 4.98 Å². The van der Waals surface area contributed by atoms with Crippen molar-refractivity contribution in [1.29, 1.82) is 0 Å². The van der Waals surface area contributed by atoms with Gasteiger partial charge in [-0.1, -0.05) is 44.2 Å². The Hall–Kier alpha value is -3.16. The van der Waals surface area contributed by atoms with Crippen LogP contribution in [0, 0.1) is 5.41 Å². The molecule has 3 saturated carbocycles. The molecule has 0 amide bonds. The summed E-state index contributed by atoms with van der Waals surface area (Å²) in [6.07, 6.45) is 5.52. The molecule has 0 unspecified atom stereocenters. The zero-order valence-corrected chi connectivity index (χ0v) is 20.6. The van der Waals surface area contributed by atoms with Gasteiger partial charge in [0.05, 0.1) is 5.41 Å². The van der Waals surface area contributed by atoms with Crippen molar-refractivity contribution in [2.75, 3.05) is 0 Å². The Kier molecular flexibility index (Phi) is 5.93. The summed E-state index contributed by atoms with van der Waals surface area (Å²) >= 11 is 0. The topological polar surface area (TPSA) is 99.1 Å². The Morgan fingerprint density at radius 2 is 1.51 bits per heavy atom. The molecule has 3 aromatic rings. The molecule has 6 rings (SSSR count). The molecule has 0 atom stereocenters. The third kappa shape index (κ3) is 3.65. The van der Waals surface area contributed by atoms with Gasteiger partial charge in [0.25, 0.3) is 5.56 Å². The maximum Gasteiger partial charge on any atom is 0.332 e. The molecule has 2 bridgehead atoms. The largest absolute Gasteiger partial charge is 0.481 e. The maximum absolute atomic E-state index is 13.8. The van der Waals surface area contributed by atoms with Crippen LogP contribution in [-0.2, 0) is 29.8 Å². The average molecular weight is 479 g/mol. The van der Waals surface area contributed by atoms with Gasteiger partial charge in [0.1, 0.15) is 5.82 Å². The Balaban J connectivity index is 1.76. The normalized spacial score (nSPS) is 23.7. The van der Waals surface area contributed by atoms with Gasteiger partial charge in [0, 0.05) is 25.0 Å². The van der Waals surface area contributed by atoms with Crippen LogP contribution in [-0.4, -0.2) is 29.8 Å². The SMILES string of the molecule is CCCn1c(=O)c2c(nc(C34CCC(C(=O)O)(CC3)CC4)n2Cc2ccccc2)n(CCC)c1=O. The van der Waals surface area contributed by atoms with E-state index in [9.17, 15) is 19.5 Å². The lowest BCUT2D eigenvalue weighted by Crippen LogP contribution is -2.49. The second kappa shape index (κ2) is 8.81. The second-order valence-electron chi connectivity index (χ2n) is 10.4. The molecule has 2 heterocycles. The van der Waals surface area contributed by atoms with Crippen molar-refractivity contribution in [2.24, 2.45) is 5.41 Å². The zero-order valence-electron chi connectivity index (χ0n) is 20.6. The number of carbonyl (C=O) groups is 1. The summed E-state index contributed by atoms with van der Waals surface area (Å²) in [7, 11) is 0. The van der Waals surface area contributed by atoms with E-state index in [0.717, 1.165) is 37.1 Å². The summed E-state index contributed by atoms with van der Waals surface area (Å²) in [5.41, 5.74) is 0.533. The number of hydrogen-bond acceptors (Lipinski definition) is 4. The van der Waals surface area contributed by atoms with Gasteiger partial charge < -0.3 is 9.67 Å². The highest BCUT2D eigenvalue weighted by atomic mass is 16.4. The smallest absolute Gasteiger partial charge is 0.332 e. The summed E-state index contributed by atoms with van der Waals surface area (Å²) in [6, 6.07) is 10.0. The Labute approximate surface area is 204 Å². The molecular formula is C27H34N4O4. The third-order valence-electron chi connectivity index (χ3n) is 8.37. The van der Waals surface area contributed by atoms with Crippen LogP contribution in [0.25, 0.3) is 11.2 Å². The van der Waals surface area contributed by atoms with Crippen LogP contribution >= 0.6 is 0 Å². The van der Waals surface area contributed by atoms with Crippen molar-refractivity contribution in [2.45, 2.75) is 90.3 Å². The highest BCUT2D eigenvalue weighted by Gasteiger charge is 2.55. The van der Waals surface area contributed by atoms with Crippen molar-refractivity contribution in [3.63, 3.8) is 0 Å². The van der Waals surface area contributed by atoms with Gasteiger partial charge >= 0.3 is 11.7 Å². The number of rotatable bonds is 8. The highest BCUT2D eigenvalue weighted by molar-refractivity contribution is 5.76. The van der Waals surface area contributed by atoms with Gasteiger partial charge in [-0.2, -0.15) is 0 Å². The van der Waals surface area contributed by atoms with Gasteiger partial charge in [-0.3, -0.25) is 18.7 Å². The van der Waals surface area contributed by atoms with Crippen molar-refractivity contribution in [3.05, 3.63) is 62.6 Å². The first kappa shape index (κ1) is 23.6. The molecule has 3 aliphatic carbocycles. The van der Waals surface area contributed by atoms with Crippen LogP contribution < -0.4 is 11.2 Å². The van der Waals surface area contributed by atoms with Crippen molar-refractivity contribution in [3.8, 4) is 0 Å². The Morgan fingerprint density at radius 3 is 2.09 bits per heavy atom. The summed E-state index contributed by atoms with van der Waals surface area (Å²) in [6.45, 7) is 5.34. The van der Waals surface area contributed by atoms with Crippen molar-refractivity contribution >= 4 is 17.1 Å². The zero-order chi connectivity index (χ0) is 24.8. The minimum atomic E-state index is -0.692. The molecule has 8 nitrogen and oxygen atoms in total. The molecule has 186 valence electrons. The molecule has 2 aromatic heterocycles. The third-order valence-corrected chi connectivity index (χ3v) is 8.37. The van der Waals surface area contributed by atoms with Gasteiger partial charge in [-0.25, -0.2) is 9.78 Å². The van der Waals surface area contributed by atoms with Gasteiger partial charge in [-0.15, -0.1) is 0 Å². The van der Waals surface area contributed by atoms with E-state index in [1.165, 1.54) is 4.57 Å². The fourth-order valence-electron chi connectivity index (χ4n) is 6.30. The summed E-state index contributed by atoms with van der Waals surface area (Å²) in [5, 5.41) is 9.87. The standard InChI is InChI=1S/C27H34N4O4/c1-3-16-29-21-20(22(32)30(17-4-2)25(29)35)31(18-19-8-6-5-7-9-19)23(28-21)26-10-13-27(14-11-26,15-12-26)24(33)34/h5-9H,3-4,10-18H2,1-2H3,(H,33,34). The first-order valence-electron chi connectivity index (χ1n) is 12.9. The molecular weight excluding hydrogens is 444 g/mol. The van der Waals surface area contributed by atoms with E-state index >= 15 is 0 Å². The van der Waals surface area contributed by atoms with Gasteiger partial charge in [0.2, 0.25) is 0 Å². The first-order valence-corrected chi connectivity index (χ1v) is 12.9. The Morgan fingerprint density at radius 1 is 0.914 bits per heavy atom. The molecule has 8 heteroatoms. The molecule has 35 heavy (non-hydrogen) atoms. The molecule has 3 fully saturated rings. The minimum absolute atomic E-state index is 0.278. The number of fused-ring (bicyclic) bond motifs is 4. The number of aromatic nitrogens is 4. The lowest BCUT2D eigenvalue weighted by atomic mass is 9.53. The fraction of sp³-hybridized carbons (Fsp3) is 0.556. The van der Waals surface area contributed by atoms with E-state index in [2.05, 4.69) is 0 Å². The van der Waals surface area contributed by atoms with Crippen molar-refractivity contribution in [1.82, 2.24) is 18.7 Å². The molecule has 3 aliphatic rings. The predicted molar refractivity (Wildman–Crippen MR) is 134 cm³/mol. The monoisotopic (exact) mass is 478 g/mol. The lowest BCUT2D eigenvalue weighted by molar-refractivity contribution is -0.156. The number of carboxylic acids is 1. The molecule has 0 radical (unpaired) electrons. The molecule has 0 spiro atoms. The molecule has 1 aromatic carbocycles. The van der Waals surface area contributed by atoms with Crippen LogP contribution in [0.15, 0.2) is 39.9 Å². The number of imidazole rings is 1. The van der Waals surface area contributed by atoms with Crippen molar-refractivity contribution < 1.29 is 9.90 Å². The lowest BCUT2D eigenvalue weighted by Gasteiger charge is -2.50. The van der Waals surface area contributed by atoms with Crippen LogP contribution in [0.2, 0.25) is 0 Å². The number of aryl methyl sites for hydroxylation is 1. The fourth-order valence-corrected chi connectivity index (χ4v) is 6.30. The van der Waals surface area contributed by atoms with E-state index in [0.29, 0.717) is 56.5 Å². The van der Waals surface area contributed by atoms with E-state index in [-0.39, 0.29) is 16.7 Å². The van der Waals surface area contributed by atoms with E-state index < -0.39 is 11.4 Å². The highest BCUT2D eigenvalue weighted by Crippen LogP contribution is 2.57. The first-order chi connectivity index (χ1) is 16.9.